The van der Waals surface area contributed by atoms with Crippen molar-refractivity contribution < 1.29 is 17.9 Å². The lowest BCUT2D eigenvalue weighted by atomic mass is 10.1. The molecule has 0 aliphatic heterocycles. The number of nitrogens with zero attached hydrogens (tertiary/aromatic N) is 1. The smallest absolute Gasteiger partial charge is 0.270 e. The Morgan fingerprint density at radius 2 is 1.68 bits per heavy atom. The zero-order valence-electron chi connectivity index (χ0n) is 19.5. The van der Waals surface area contributed by atoms with Gasteiger partial charge in [-0.3, -0.25) is 4.79 Å². The first-order valence-corrected chi connectivity index (χ1v) is 13.2. The van der Waals surface area contributed by atoms with Crippen LogP contribution >= 0.6 is 11.6 Å². The molecule has 7 heteroatoms. The van der Waals surface area contributed by atoms with Crippen molar-refractivity contribution >= 4 is 33.2 Å². The fourth-order valence-electron chi connectivity index (χ4n) is 3.53. The third-order valence-electron chi connectivity index (χ3n) is 5.36. The first-order valence-electron chi connectivity index (χ1n) is 11.4. The van der Waals surface area contributed by atoms with Crippen molar-refractivity contribution in [1.29, 1.82) is 0 Å². The number of ether oxygens (including phenoxy) is 1. The van der Waals surface area contributed by atoms with Crippen molar-refractivity contribution in [2.24, 2.45) is 0 Å². The van der Waals surface area contributed by atoms with Gasteiger partial charge < -0.3 is 4.74 Å². The number of carbonyl (C=O) groups excluding carboxylic acids is 1. The van der Waals surface area contributed by atoms with Gasteiger partial charge in [0, 0.05) is 11.4 Å². The fraction of sp³-hybridized carbons (Fsp3) is 0.296. The molecule has 0 aliphatic carbocycles. The molecule has 0 saturated carbocycles. The Morgan fingerprint density at radius 1 is 0.971 bits per heavy atom. The van der Waals surface area contributed by atoms with Crippen LogP contribution in [-0.4, -0.2) is 20.9 Å². The summed E-state index contributed by atoms with van der Waals surface area (Å²) in [5, 5.41) is 0.422. The Bertz CT molecular complexity index is 1190. The van der Waals surface area contributed by atoms with E-state index in [0.29, 0.717) is 23.7 Å². The van der Waals surface area contributed by atoms with E-state index in [1.807, 2.05) is 43.3 Å². The van der Waals surface area contributed by atoms with Crippen molar-refractivity contribution in [2.45, 2.75) is 50.8 Å². The van der Waals surface area contributed by atoms with Gasteiger partial charge in [-0.2, -0.15) is 0 Å². The van der Waals surface area contributed by atoms with Gasteiger partial charge in [-0.1, -0.05) is 49.2 Å². The third kappa shape index (κ3) is 6.84. The molecule has 0 fully saturated rings. The molecule has 34 heavy (non-hydrogen) atoms. The van der Waals surface area contributed by atoms with E-state index in [1.54, 1.807) is 12.1 Å². The van der Waals surface area contributed by atoms with Crippen molar-refractivity contribution in [2.75, 3.05) is 10.9 Å². The molecule has 1 amide bonds. The third-order valence-corrected chi connectivity index (χ3v) is 7.38. The van der Waals surface area contributed by atoms with Gasteiger partial charge in [0.1, 0.15) is 5.75 Å². The van der Waals surface area contributed by atoms with Crippen LogP contribution in [0.1, 0.15) is 43.7 Å². The molecule has 0 spiro atoms. The maximum Gasteiger partial charge on any atom is 0.270 e. The van der Waals surface area contributed by atoms with E-state index in [0.717, 1.165) is 40.4 Å². The number of hydrogen-bond acceptors (Lipinski definition) is 4. The highest BCUT2D eigenvalue weighted by Crippen LogP contribution is 2.27. The van der Waals surface area contributed by atoms with Crippen LogP contribution in [-0.2, 0) is 21.2 Å². The minimum atomic E-state index is -4.11. The van der Waals surface area contributed by atoms with Gasteiger partial charge in [0.15, 0.2) is 0 Å². The second-order valence-electron chi connectivity index (χ2n) is 8.16. The zero-order chi connectivity index (χ0) is 24.6. The van der Waals surface area contributed by atoms with E-state index >= 15 is 0 Å². The topological polar surface area (TPSA) is 63.7 Å². The second kappa shape index (κ2) is 12.0. The van der Waals surface area contributed by atoms with Gasteiger partial charge in [0.25, 0.3) is 10.0 Å². The average molecular weight is 500 g/mol. The molecule has 0 aromatic heterocycles. The summed E-state index contributed by atoms with van der Waals surface area (Å²) < 4.78 is 33.5. The van der Waals surface area contributed by atoms with Gasteiger partial charge in [0.05, 0.1) is 17.2 Å². The number of benzene rings is 3. The van der Waals surface area contributed by atoms with E-state index in [1.165, 1.54) is 24.3 Å². The van der Waals surface area contributed by atoms with E-state index in [2.05, 4.69) is 6.92 Å². The quantitative estimate of drug-likeness (QED) is 0.280. The molecule has 0 unspecified atom stereocenters. The van der Waals surface area contributed by atoms with Crippen LogP contribution in [0.25, 0.3) is 0 Å². The highest BCUT2D eigenvalue weighted by molar-refractivity contribution is 7.93. The molecule has 0 bridgehead atoms. The van der Waals surface area contributed by atoms with Crippen molar-refractivity contribution in [3.63, 3.8) is 0 Å². The normalized spacial score (nSPS) is 11.3. The molecule has 0 radical (unpaired) electrons. The molecule has 3 rings (SSSR count). The standard InChI is InChI=1S/C27H30ClNO4S/c1-3-4-8-22-11-15-24(16-12-22)29(34(31,32)26-17-13-23(28)14-18-26)27(30)10-6-19-33-25-9-5-7-21(2)20-25/h5,7,9,11-18,20H,3-4,6,8,10,19H2,1-2H3. The van der Waals surface area contributed by atoms with Crippen LogP contribution in [0.15, 0.2) is 77.7 Å². The van der Waals surface area contributed by atoms with E-state index < -0.39 is 15.9 Å². The molecular weight excluding hydrogens is 470 g/mol. The first kappa shape index (κ1) is 25.8. The summed E-state index contributed by atoms with van der Waals surface area (Å²) >= 11 is 5.94. The summed E-state index contributed by atoms with van der Waals surface area (Å²) in [6.45, 7) is 4.40. The number of aryl methyl sites for hydroxylation is 2. The van der Waals surface area contributed by atoms with Gasteiger partial charge in [-0.15, -0.1) is 0 Å². The molecule has 3 aromatic rings. The van der Waals surface area contributed by atoms with Crippen LogP contribution in [0.2, 0.25) is 5.02 Å². The van der Waals surface area contributed by atoms with Crippen molar-refractivity contribution in [1.82, 2.24) is 0 Å². The Labute approximate surface area is 207 Å². The molecule has 0 saturated heterocycles. The maximum atomic E-state index is 13.5. The lowest BCUT2D eigenvalue weighted by Crippen LogP contribution is -2.37. The molecule has 180 valence electrons. The van der Waals surface area contributed by atoms with Crippen LogP contribution in [0, 0.1) is 6.92 Å². The molecule has 0 aliphatic rings. The summed E-state index contributed by atoms with van der Waals surface area (Å²) in [4.78, 5) is 13.2. The van der Waals surface area contributed by atoms with Gasteiger partial charge >= 0.3 is 0 Å². The van der Waals surface area contributed by atoms with Crippen molar-refractivity contribution in [3.8, 4) is 5.75 Å². The lowest BCUT2D eigenvalue weighted by molar-refractivity contribution is -0.117. The number of amides is 1. The highest BCUT2D eigenvalue weighted by Gasteiger charge is 2.30. The van der Waals surface area contributed by atoms with Gasteiger partial charge in [-0.25, -0.2) is 12.7 Å². The fourth-order valence-corrected chi connectivity index (χ4v) is 5.10. The van der Waals surface area contributed by atoms with Crippen LogP contribution in [0.4, 0.5) is 5.69 Å². The van der Waals surface area contributed by atoms with Crippen LogP contribution in [0.5, 0.6) is 5.75 Å². The Kier molecular flexibility index (Phi) is 9.13. The van der Waals surface area contributed by atoms with Gasteiger partial charge in [-0.05, 0) is 85.8 Å². The summed E-state index contributed by atoms with van der Waals surface area (Å²) in [5.41, 5.74) is 2.50. The number of rotatable bonds is 11. The summed E-state index contributed by atoms with van der Waals surface area (Å²) in [7, 11) is -4.11. The Morgan fingerprint density at radius 3 is 2.32 bits per heavy atom. The molecule has 5 nitrogen and oxygen atoms in total. The molecule has 0 N–H and O–H groups in total. The maximum absolute atomic E-state index is 13.5. The second-order valence-corrected chi connectivity index (χ2v) is 10.4. The largest absolute Gasteiger partial charge is 0.494 e. The van der Waals surface area contributed by atoms with Crippen molar-refractivity contribution in [3.05, 3.63) is 88.9 Å². The molecule has 0 atom stereocenters. The summed E-state index contributed by atoms with van der Waals surface area (Å²) in [5.74, 6) is 0.213. The minimum absolute atomic E-state index is 0.0105. The minimum Gasteiger partial charge on any atom is -0.494 e. The van der Waals surface area contributed by atoms with Crippen LogP contribution in [0.3, 0.4) is 0 Å². The number of hydrogen-bond donors (Lipinski definition) is 0. The Hall–Kier alpha value is -2.83. The lowest BCUT2D eigenvalue weighted by Gasteiger charge is -2.23. The van der Waals surface area contributed by atoms with E-state index in [-0.39, 0.29) is 11.3 Å². The number of anilines is 1. The molecule has 0 heterocycles. The summed E-state index contributed by atoms with van der Waals surface area (Å²) in [6, 6.07) is 20.6. The summed E-state index contributed by atoms with van der Waals surface area (Å²) in [6.07, 6.45) is 3.43. The van der Waals surface area contributed by atoms with E-state index in [4.69, 9.17) is 16.3 Å². The van der Waals surface area contributed by atoms with Crippen LogP contribution < -0.4 is 9.04 Å². The molecule has 3 aromatic carbocycles. The highest BCUT2D eigenvalue weighted by atomic mass is 35.5. The monoisotopic (exact) mass is 499 g/mol. The number of carbonyl (C=O) groups is 1. The number of halogens is 1. The van der Waals surface area contributed by atoms with Gasteiger partial charge in [0.2, 0.25) is 5.91 Å². The van der Waals surface area contributed by atoms with E-state index in [9.17, 15) is 13.2 Å². The zero-order valence-corrected chi connectivity index (χ0v) is 21.1. The predicted octanol–water partition coefficient (Wildman–Crippen LogP) is 6.57. The number of sulfonamides is 1. The average Bonchev–Trinajstić information content (AvgIpc) is 2.82. The first-order chi connectivity index (χ1) is 16.3. The molecular formula is C27H30ClNO4S. The SMILES string of the molecule is CCCCc1ccc(N(C(=O)CCCOc2cccc(C)c2)S(=O)(=O)c2ccc(Cl)cc2)cc1. The number of unbranched alkanes of at least 4 members (excludes halogenated alkanes) is 1. The predicted molar refractivity (Wildman–Crippen MR) is 137 cm³/mol. The Balaban J connectivity index is 1.79.